The predicted molar refractivity (Wildman–Crippen MR) is 88.0 cm³/mol. The third-order valence-corrected chi connectivity index (χ3v) is 3.63. The minimum Gasteiger partial charge on any atom is -0.493 e. The molecule has 2 rings (SSSR count). The molecule has 1 saturated heterocycles. The number of amides is 2. The van der Waals surface area contributed by atoms with Crippen LogP contribution in [0, 0.1) is 5.92 Å². The van der Waals surface area contributed by atoms with Crippen molar-refractivity contribution in [2.75, 3.05) is 19.7 Å². The molecule has 1 aliphatic heterocycles. The minimum absolute atomic E-state index is 0.117. The van der Waals surface area contributed by atoms with Crippen molar-refractivity contribution in [1.82, 2.24) is 16.0 Å². The first-order valence-corrected chi connectivity index (χ1v) is 8.10. The van der Waals surface area contributed by atoms with Gasteiger partial charge >= 0.3 is 6.03 Å². The predicted octanol–water partition coefficient (Wildman–Crippen LogP) is 2.27. The molecule has 1 atom stereocenters. The molecule has 0 unspecified atom stereocenters. The molecular formula is C17H27N3O2. The number of hydrogen-bond acceptors (Lipinski definition) is 3. The van der Waals surface area contributed by atoms with Gasteiger partial charge in [0, 0.05) is 19.1 Å². The molecule has 5 heteroatoms. The van der Waals surface area contributed by atoms with E-state index in [-0.39, 0.29) is 6.03 Å². The summed E-state index contributed by atoms with van der Waals surface area (Å²) in [7, 11) is 0. The molecule has 1 fully saturated rings. The third kappa shape index (κ3) is 5.93. The van der Waals surface area contributed by atoms with Crippen LogP contribution in [0.2, 0.25) is 0 Å². The van der Waals surface area contributed by atoms with E-state index in [1.54, 1.807) is 0 Å². The van der Waals surface area contributed by atoms with Gasteiger partial charge < -0.3 is 20.7 Å². The maximum Gasteiger partial charge on any atom is 0.315 e. The van der Waals surface area contributed by atoms with Gasteiger partial charge in [-0.25, -0.2) is 4.79 Å². The lowest BCUT2D eigenvalue weighted by atomic mass is 10.2. The lowest BCUT2D eigenvalue weighted by Crippen LogP contribution is -2.42. The molecule has 2 amide bonds. The van der Waals surface area contributed by atoms with Crippen molar-refractivity contribution in [3.05, 3.63) is 29.8 Å². The highest BCUT2D eigenvalue weighted by molar-refractivity contribution is 5.73. The third-order valence-electron chi connectivity index (χ3n) is 3.63. The quantitative estimate of drug-likeness (QED) is 0.724. The maximum atomic E-state index is 11.7. The van der Waals surface area contributed by atoms with Gasteiger partial charge in [-0.05, 0) is 43.0 Å². The molecule has 0 aromatic heterocycles. The standard InChI is InChI=1S/C17H27N3O2/c1-13(2)12-22-16-7-5-14(6-8-16)10-19-17(21)20-11-15-4-3-9-18-15/h5-8,13,15,18H,3-4,9-12H2,1-2H3,(H2,19,20,21)/t15-/m0/s1. The first kappa shape index (κ1) is 16.6. The zero-order chi connectivity index (χ0) is 15.8. The number of ether oxygens (including phenoxy) is 1. The van der Waals surface area contributed by atoms with Gasteiger partial charge in [0.2, 0.25) is 0 Å². The average molecular weight is 305 g/mol. The van der Waals surface area contributed by atoms with Crippen LogP contribution in [0.15, 0.2) is 24.3 Å². The fraction of sp³-hybridized carbons (Fsp3) is 0.588. The summed E-state index contributed by atoms with van der Waals surface area (Å²) in [6.07, 6.45) is 2.33. The van der Waals surface area contributed by atoms with E-state index in [1.807, 2.05) is 24.3 Å². The molecule has 0 radical (unpaired) electrons. The molecule has 0 bridgehead atoms. The Kier molecular flexibility index (Phi) is 6.52. The molecular weight excluding hydrogens is 278 g/mol. The average Bonchev–Trinajstić information content (AvgIpc) is 3.03. The number of rotatable bonds is 7. The second-order valence-electron chi connectivity index (χ2n) is 6.21. The molecule has 5 nitrogen and oxygen atoms in total. The van der Waals surface area contributed by atoms with E-state index in [0.29, 0.717) is 25.0 Å². The Morgan fingerprint density at radius 2 is 2.09 bits per heavy atom. The number of hydrogen-bond donors (Lipinski definition) is 3. The summed E-state index contributed by atoms with van der Waals surface area (Å²) in [6, 6.07) is 8.15. The summed E-state index contributed by atoms with van der Waals surface area (Å²) in [5.74, 6) is 1.38. The number of carbonyl (C=O) groups is 1. The van der Waals surface area contributed by atoms with Crippen LogP contribution in [-0.2, 0) is 6.54 Å². The molecule has 0 saturated carbocycles. The molecule has 3 N–H and O–H groups in total. The Bertz CT molecular complexity index is 453. The Morgan fingerprint density at radius 1 is 1.32 bits per heavy atom. The van der Waals surface area contributed by atoms with Crippen molar-refractivity contribution in [3.63, 3.8) is 0 Å². The zero-order valence-corrected chi connectivity index (χ0v) is 13.5. The molecule has 0 aliphatic carbocycles. The molecule has 1 heterocycles. The smallest absolute Gasteiger partial charge is 0.315 e. The highest BCUT2D eigenvalue weighted by atomic mass is 16.5. The van der Waals surface area contributed by atoms with Gasteiger partial charge in [0.1, 0.15) is 5.75 Å². The van der Waals surface area contributed by atoms with Gasteiger partial charge in [-0.15, -0.1) is 0 Å². The van der Waals surface area contributed by atoms with Crippen molar-refractivity contribution in [1.29, 1.82) is 0 Å². The van der Waals surface area contributed by atoms with Crippen LogP contribution in [0.1, 0.15) is 32.3 Å². The fourth-order valence-corrected chi connectivity index (χ4v) is 2.36. The van der Waals surface area contributed by atoms with E-state index in [1.165, 1.54) is 6.42 Å². The molecule has 122 valence electrons. The zero-order valence-electron chi connectivity index (χ0n) is 13.5. The second kappa shape index (κ2) is 8.63. The molecule has 1 aliphatic rings. The van der Waals surface area contributed by atoms with Gasteiger partial charge in [0.25, 0.3) is 0 Å². The van der Waals surface area contributed by atoms with Crippen molar-refractivity contribution >= 4 is 6.03 Å². The Hall–Kier alpha value is -1.75. The van der Waals surface area contributed by atoms with E-state index >= 15 is 0 Å². The van der Waals surface area contributed by atoms with Crippen molar-refractivity contribution in [3.8, 4) is 5.75 Å². The van der Waals surface area contributed by atoms with Crippen LogP contribution in [0.3, 0.4) is 0 Å². The van der Waals surface area contributed by atoms with Crippen LogP contribution in [-0.4, -0.2) is 31.8 Å². The van der Waals surface area contributed by atoms with E-state index in [4.69, 9.17) is 4.74 Å². The highest BCUT2D eigenvalue weighted by Crippen LogP contribution is 2.13. The lowest BCUT2D eigenvalue weighted by molar-refractivity contribution is 0.239. The molecule has 22 heavy (non-hydrogen) atoms. The summed E-state index contributed by atoms with van der Waals surface area (Å²) < 4.78 is 5.64. The highest BCUT2D eigenvalue weighted by Gasteiger charge is 2.14. The number of nitrogens with one attached hydrogen (secondary N) is 3. The van der Waals surface area contributed by atoms with Gasteiger partial charge in [-0.2, -0.15) is 0 Å². The lowest BCUT2D eigenvalue weighted by Gasteiger charge is -2.13. The Morgan fingerprint density at radius 3 is 2.73 bits per heavy atom. The van der Waals surface area contributed by atoms with E-state index in [0.717, 1.165) is 30.9 Å². The van der Waals surface area contributed by atoms with Gasteiger partial charge in [0.05, 0.1) is 6.61 Å². The van der Waals surface area contributed by atoms with Crippen LogP contribution in [0.5, 0.6) is 5.75 Å². The Labute approximate surface area is 132 Å². The fourth-order valence-electron chi connectivity index (χ4n) is 2.36. The van der Waals surface area contributed by atoms with Crippen LogP contribution in [0.25, 0.3) is 0 Å². The van der Waals surface area contributed by atoms with Crippen molar-refractivity contribution in [2.45, 2.75) is 39.3 Å². The number of urea groups is 1. The summed E-state index contributed by atoms with van der Waals surface area (Å²) in [4.78, 5) is 11.7. The van der Waals surface area contributed by atoms with Crippen LogP contribution < -0.4 is 20.7 Å². The second-order valence-corrected chi connectivity index (χ2v) is 6.21. The summed E-state index contributed by atoms with van der Waals surface area (Å²) in [5, 5.41) is 9.13. The monoisotopic (exact) mass is 305 g/mol. The largest absolute Gasteiger partial charge is 0.493 e. The first-order chi connectivity index (χ1) is 10.6. The van der Waals surface area contributed by atoms with Crippen molar-refractivity contribution in [2.24, 2.45) is 5.92 Å². The van der Waals surface area contributed by atoms with Crippen LogP contribution in [0.4, 0.5) is 4.79 Å². The first-order valence-electron chi connectivity index (χ1n) is 8.10. The van der Waals surface area contributed by atoms with Crippen molar-refractivity contribution < 1.29 is 9.53 Å². The van der Waals surface area contributed by atoms with E-state index < -0.39 is 0 Å². The van der Waals surface area contributed by atoms with Gasteiger partial charge in [-0.1, -0.05) is 26.0 Å². The molecule has 0 spiro atoms. The summed E-state index contributed by atoms with van der Waals surface area (Å²) in [6.45, 7) is 7.23. The SMILES string of the molecule is CC(C)COc1ccc(CNC(=O)NC[C@@H]2CCCN2)cc1. The Balaban J connectivity index is 1.66. The molecule has 1 aromatic rings. The van der Waals surface area contributed by atoms with Crippen LogP contribution >= 0.6 is 0 Å². The van der Waals surface area contributed by atoms with Gasteiger partial charge in [0.15, 0.2) is 0 Å². The van der Waals surface area contributed by atoms with E-state index in [2.05, 4.69) is 29.8 Å². The topological polar surface area (TPSA) is 62.4 Å². The number of benzene rings is 1. The van der Waals surface area contributed by atoms with Gasteiger partial charge in [-0.3, -0.25) is 0 Å². The minimum atomic E-state index is -0.117. The molecule has 1 aromatic carbocycles. The summed E-state index contributed by atoms with van der Waals surface area (Å²) in [5.41, 5.74) is 1.06. The summed E-state index contributed by atoms with van der Waals surface area (Å²) >= 11 is 0. The van der Waals surface area contributed by atoms with E-state index in [9.17, 15) is 4.79 Å². The maximum absolute atomic E-state index is 11.7. The number of carbonyl (C=O) groups excluding carboxylic acids is 1. The normalized spacial score (nSPS) is 17.5.